The highest BCUT2D eigenvalue weighted by atomic mass is 35.5. The molecule has 0 aromatic heterocycles. The van der Waals surface area contributed by atoms with E-state index in [4.69, 9.17) is 21.1 Å². The van der Waals surface area contributed by atoms with Crippen LogP contribution in [0.15, 0.2) is 0 Å². The number of hydrogen-bond donors (Lipinski definition) is 0. The Balaban J connectivity index is 1.83. The van der Waals surface area contributed by atoms with Crippen molar-refractivity contribution < 1.29 is 9.47 Å². The summed E-state index contributed by atoms with van der Waals surface area (Å²) in [6, 6.07) is 0. The van der Waals surface area contributed by atoms with Crippen molar-refractivity contribution in [1.82, 2.24) is 0 Å². The van der Waals surface area contributed by atoms with Crippen LogP contribution in [-0.4, -0.2) is 24.4 Å². The molecular weight excluding hydrogens is 224 g/mol. The first kappa shape index (κ1) is 11.3. The van der Waals surface area contributed by atoms with Crippen LogP contribution in [0.5, 0.6) is 0 Å². The van der Waals surface area contributed by atoms with E-state index in [-0.39, 0.29) is 11.9 Å². The molecule has 1 aliphatic heterocycles. The predicted molar refractivity (Wildman–Crippen MR) is 63.4 cm³/mol. The molecule has 3 rings (SSSR count). The van der Waals surface area contributed by atoms with Crippen LogP contribution in [0.2, 0.25) is 0 Å². The normalized spacial score (nSPS) is 54.0. The number of alkyl halides is 1. The quantitative estimate of drug-likeness (QED) is 0.660. The molecule has 1 heterocycles. The largest absolute Gasteiger partial charge is 0.347 e. The third-order valence-corrected chi connectivity index (χ3v) is 5.86. The zero-order valence-electron chi connectivity index (χ0n) is 10.3. The van der Waals surface area contributed by atoms with E-state index in [1.54, 1.807) is 0 Å². The van der Waals surface area contributed by atoms with Crippen LogP contribution in [0.3, 0.4) is 0 Å². The second kappa shape index (κ2) is 3.37. The molecule has 0 aromatic carbocycles. The van der Waals surface area contributed by atoms with Crippen LogP contribution in [0.1, 0.15) is 33.6 Å². The van der Waals surface area contributed by atoms with Crippen molar-refractivity contribution in [2.45, 2.75) is 45.5 Å². The van der Waals surface area contributed by atoms with Crippen molar-refractivity contribution in [2.24, 2.45) is 23.2 Å². The Bertz CT molecular complexity index is 300. The Morgan fingerprint density at radius 3 is 2.62 bits per heavy atom. The lowest BCUT2D eigenvalue weighted by Gasteiger charge is -2.44. The lowest BCUT2D eigenvalue weighted by Crippen LogP contribution is -2.46. The summed E-state index contributed by atoms with van der Waals surface area (Å²) in [5, 5.41) is 0. The van der Waals surface area contributed by atoms with Crippen molar-refractivity contribution in [3.8, 4) is 0 Å². The van der Waals surface area contributed by atoms with Gasteiger partial charge >= 0.3 is 0 Å². The van der Waals surface area contributed by atoms with Crippen molar-refractivity contribution in [3.63, 3.8) is 0 Å². The van der Waals surface area contributed by atoms with Crippen molar-refractivity contribution in [3.05, 3.63) is 0 Å². The summed E-state index contributed by atoms with van der Waals surface area (Å²) in [7, 11) is 0. The lowest BCUT2D eigenvalue weighted by atomic mass is 9.67. The minimum absolute atomic E-state index is 0.108. The van der Waals surface area contributed by atoms with E-state index >= 15 is 0 Å². The molecule has 92 valence electrons. The summed E-state index contributed by atoms with van der Waals surface area (Å²) in [5.41, 5.74) is 0.446. The van der Waals surface area contributed by atoms with E-state index in [0.717, 1.165) is 12.3 Å². The molecule has 0 unspecified atom stereocenters. The molecule has 3 heteroatoms. The van der Waals surface area contributed by atoms with E-state index in [0.29, 0.717) is 29.7 Å². The van der Waals surface area contributed by atoms with Gasteiger partial charge in [0.15, 0.2) is 5.79 Å². The highest BCUT2D eigenvalue weighted by Crippen LogP contribution is 2.65. The highest BCUT2D eigenvalue weighted by Gasteiger charge is 2.65. The second-order valence-corrected chi connectivity index (χ2v) is 6.68. The Hall–Kier alpha value is 0.210. The van der Waals surface area contributed by atoms with Gasteiger partial charge in [-0.25, -0.2) is 0 Å². The van der Waals surface area contributed by atoms with Gasteiger partial charge in [0.2, 0.25) is 0 Å². The third-order valence-electron chi connectivity index (χ3n) is 5.52. The van der Waals surface area contributed by atoms with Crippen LogP contribution < -0.4 is 0 Å². The van der Waals surface area contributed by atoms with Crippen LogP contribution in [0.4, 0.5) is 0 Å². The topological polar surface area (TPSA) is 18.5 Å². The minimum atomic E-state index is -0.279. The van der Waals surface area contributed by atoms with Gasteiger partial charge in [-0.3, -0.25) is 0 Å². The Kier molecular flexibility index (Phi) is 2.38. The highest BCUT2D eigenvalue weighted by molar-refractivity contribution is 6.18. The molecule has 0 radical (unpaired) electrons. The molecule has 2 nitrogen and oxygen atoms in total. The number of halogens is 1. The molecule has 0 aromatic rings. The molecule has 1 spiro atoms. The summed E-state index contributed by atoms with van der Waals surface area (Å²) in [4.78, 5) is 0. The van der Waals surface area contributed by atoms with Gasteiger partial charge in [-0.15, -0.1) is 11.6 Å². The van der Waals surface area contributed by atoms with Gasteiger partial charge in [-0.1, -0.05) is 20.8 Å². The van der Waals surface area contributed by atoms with Crippen molar-refractivity contribution >= 4 is 11.6 Å². The number of hydrogen-bond acceptors (Lipinski definition) is 2. The maximum absolute atomic E-state index is 6.10. The van der Waals surface area contributed by atoms with Crippen molar-refractivity contribution in [1.29, 1.82) is 0 Å². The Morgan fingerprint density at radius 1 is 1.38 bits per heavy atom. The molecule has 1 saturated heterocycles. The average Bonchev–Trinajstić information content (AvgIpc) is 2.87. The van der Waals surface area contributed by atoms with E-state index < -0.39 is 0 Å². The second-order valence-electron chi connectivity index (χ2n) is 6.37. The van der Waals surface area contributed by atoms with Crippen molar-refractivity contribution in [2.75, 3.05) is 12.5 Å². The van der Waals surface area contributed by atoms with Crippen LogP contribution >= 0.6 is 11.6 Å². The average molecular weight is 245 g/mol. The SMILES string of the molecule is C[C@@H]1[C@@H]2C[C@H](C[C@@]23OC[C@H](CCl)O3)C1(C)C. The van der Waals surface area contributed by atoms with E-state index in [1.165, 1.54) is 6.42 Å². The van der Waals surface area contributed by atoms with Gasteiger partial charge in [-0.2, -0.15) is 0 Å². The molecule has 0 N–H and O–H groups in total. The fraction of sp³-hybridized carbons (Fsp3) is 1.00. The zero-order chi connectivity index (χ0) is 11.6. The van der Waals surface area contributed by atoms with Gasteiger partial charge in [0.25, 0.3) is 0 Å². The number of rotatable bonds is 1. The predicted octanol–water partition coefficient (Wildman–Crippen LogP) is 3.04. The van der Waals surface area contributed by atoms with E-state index in [2.05, 4.69) is 20.8 Å². The van der Waals surface area contributed by atoms with Gasteiger partial charge < -0.3 is 9.47 Å². The van der Waals surface area contributed by atoms with Crippen LogP contribution in [-0.2, 0) is 9.47 Å². The molecule has 2 saturated carbocycles. The first-order chi connectivity index (χ1) is 7.49. The van der Waals surface area contributed by atoms with Gasteiger partial charge in [0, 0.05) is 12.3 Å². The summed E-state index contributed by atoms with van der Waals surface area (Å²) >= 11 is 5.86. The smallest absolute Gasteiger partial charge is 0.172 e. The molecule has 2 bridgehead atoms. The lowest BCUT2D eigenvalue weighted by molar-refractivity contribution is -0.221. The summed E-state index contributed by atoms with van der Waals surface area (Å²) in [6.07, 6.45) is 2.45. The molecule has 5 atom stereocenters. The molecule has 3 aliphatic rings. The Morgan fingerprint density at radius 2 is 2.12 bits per heavy atom. The fourth-order valence-electron chi connectivity index (χ4n) is 4.07. The first-order valence-corrected chi connectivity index (χ1v) is 6.91. The minimum Gasteiger partial charge on any atom is -0.347 e. The molecular formula is C13H21ClO2. The van der Waals surface area contributed by atoms with Gasteiger partial charge in [0.05, 0.1) is 18.6 Å². The summed E-state index contributed by atoms with van der Waals surface area (Å²) in [5.74, 6) is 2.28. The molecule has 2 aliphatic carbocycles. The summed E-state index contributed by atoms with van der Waals surface area (Å²) < 4.78 is 12.1. The number of fused-ring (bicyclic) bond motifs is 3. The summed E-state index contributed by atoms with van der Waals surface area (Å²) in [6.45, 7) is 7.82. The standard InChI is InChI=1S/C13H21ClO2/c1-8-11-4-9(12(8,2)3)5-13(11)15-7-10(6-14)16-13/h8-11H,4-7H2,1-3H3/t8-,9-,10+,11+,13+/m1/s1. The van der Waals surface area contributed by atoms with E-state index in [9.17, 15) is 0 Å². The van der Waals surface area contributed by atoms with Crippen LogP contribution in [0.25, 0.3) is 0 Å². The molecule has 3 fully saturated rings. The number of ether oxygens (including phenoxy) is 2. The first-order valence-electron chi connectivity index (χ1n) is 6.37. The van der Waals surface area contributed by atoms with Crippen LogP contribution in [0, 0.1) is 23.2 Å². The molecule has 0 amide bonds. The maximum Gasteiger partial charge on any atom is 0.172 e. The molecule has 16 heavy (non-hydrogen) atoms. The Labute approximate surface area is 103 Å². The zero-order valence-corrected chi connectivity index (χ0v) is 11.1. The third kappa shape index (κ3) is 1.27. The van der Waals surface area contributed by atoms with E-state index in [1.807, 2.05) is 0 Å². The van der Waals surface area contributed by atoms with Gasteiger partial charge in [0.1, 0.15) is 0 Å². The van der Waals surface area contributed by atoms with Gasteiger partial charge in [-0.05, 0) is 23.7 Å². The monoisotopic (exact) mass is 244 g/mol. The maximum atomic E-state index is 6.10. The fourth-order valence-corrected chi connectivity index (χ4v) is 4.22.